The minimum absolute atomic E-state index is 0.0804. The Morgan fingerprint density at radius 3 is 2.25 bits per heavy atom. The van der Waals surface area contributed by atoms with Crippen LogP contribution in [0.2, 0.25) is 0 Å². The number of carbonyl (C=O) groups excluding carboxylic acids is 2. The standard InChI is InChI=1S/C26H40O9S/c1-6-34-22(28)16-36(32,33)18-25(4,5)12-9-13-26(17-27,24(30)31)21-11-8-10-20(15-21)14-19(3)23(29)35-7-2/h8,10-11,15,19,27H,6-7,9,12-14,16-18H2,1-5H3,(H,30,31). The van der Waals surface area contributed by atoms with Crippen molar-refractivity contribution in [1.29, 1.82) is 0 Å². The minimum Gasteiger partial charge on any atom is -0.481 e. The van der Waals surface area contributed by atoms with E-state index in [0.717, 1.165) is 5.56 Å². The average Bonchev–Trinajstić information content (AvgIpc) is 2.75. The summed E-state index contributed by atoms with van der Waals surface area (Å²) < 4.78 is 34.6. The molecule has 0 amide bonds. The minimum atomic E-state index is -3.71. The molecular formula is C26H40O9S. The lowest BCUT2D eigenvalue weighted by atomic mass is 9.74. The van der Waals surface area contributed by atoms with Crippen LogP contribution >= 0.6 is 0 Å². The Bertz CT molecular complexity index is 1000. The summed E-state index contributed by atoms with van der Waals surface area (Å²) in [5, 5.41) is 20.3. The lowest BCUT2D eigenvalue weighted by Gasteiger charge is -2.31. The molecule has 0 heterocycles. The van der Waals surface area contributed by atoms with Crippen molar-refractivity contribution < 1.29 is 42.5 Å². The molecule has 0 bridgehead atoms. The Kier molecular flexibility index (Phi) is 12.0. The van der Waals surface area contributed by atoms with Crippen LogP contribution in [-0.2, 0) is 45.5 Å². The highest BCUT2D eigenvalue weighted by molar-refractivity contribution is 7.92. The zero-order chi connectivity index (χ0) is 27.6. The molecule has 2 atom stereocenters. The Balaban J connectivity index is 3.00. The van der Waals surface area contributed by atoms with Gasteiger partial charge in [0.15, 0.2) is 9.84 Å². The zero-order valence-corrected chi connectivity index (χ0v) is 22.7. The molecule has 9 nitrogen and oxygen atoms in total. The molecule has 0 aliphatic carbocycles. The number of aliphatic carboxylic acids is 1. The average molecular weight is 529 g/mol. The molecule has 204 valence electrons. The maximum Gasteiger partial charge on any atom is 0.321 e. The van der Waals surface area contributed by atoms with Crippen LogP contribution in [0.5, 0.6) is 0 Å². The maximum atomic E-state index is 12.4. The van der Waals surface area contributed by atoms with Crippen LogP contribution in [-0.4, -0.2) is 67.9 Å². The van der Waals surface area contributed by atoms with Crippen LogP contribution in [0.4, 0.5) is 0 Å². The predicted molar refractivity (Wildman–Crippen MR) is 135 cm³/mol. The molecule has 0 saturated carbocycles. The Morgan fingerprint density at radius 2 is 1.69 bits per heavy atom. The van der Waals surface area contributed by atoms with Crippen molar-refractivity contribution in [3.8, 4) is 0 Å². The molecule has 10 heteroatoms. The van der Waals surface area contributed by atoms with Crippen molar-refractivity contribution in [3.05, 3.63) is 35.4 Å². The predicted octanol–water partition coefficient (Wildman–Crippen LogP) is 2.92. The number of rotatable bonds is 16. The molecule has 0 spiro atoms. The van der Waals surface area contributed by atoms with Crippen molar-refractivity contribution in [2.75, 3.05) is 31.3 Å². The highest BCUT2D eigenvalue weighted by Gasteiger charge is 2.40. The second kappa shape index (κ2) is 13.7. The van der Waals surface area contributed by atoms with Gasteiger partial charge in [-0.3, -0.25) is 14.4 Å². The summed E-state index contributed by atoms with van der Waals surface area (Å²) >= 11 is 0. The number of carboxylic acids is 1. The zero-order valence-electron chi connectivity index (χ0n) is 21.9. The fraction of sp³-hybridized carbons (Fsp3) is 0.654. The van der Waals surface area contributed by atoms with E-state index in [4.69, 9.17) is 9.47 Å². The van der Waals surface area contributed by atoms with Gasteiger partial charge in [0.05, 0.1) is 31.5 Å². The number of aliphatic hydroxyl groups is 1. The van der Waals surface area contributed by atoms with Crippen LogP contribution < -0.4 is 0 Å². The van der Waals surface area contributed by atoms with Crippen molar-refractivity contribution in [2.24, 2.45) is 11.3 Å². The summed E-state index contributed by atoms with van der Waals surface area (Å²) in [6.45, 7) is 8.28. The number of carboxylic acid groups (broad SMARTS) is 1. The lowest BCUT2D eigenvalue weighted by molar-refractivity contribution is -0.147. The molecule has 1 aromatic carbocycles. The summed E-state index contributed by atoms with van der Waals surface area (Å²) in [6.07, 6.45) is 1.14. The number of benzene rings is 1. The highest BCUT2D eigenvalue weighted by Crippen LogP contribution is 2.34. The van der Waals surface area contributed by atoms with E-state index >= 15 is 0 Å². The number of sulfone groups is 1. The molecular weight excluding hydrogens is 488 g/mol. The molecule has 0 radical (unpaired) electrons. The van der Waals surface area contributed by atoms with Gasteiger partial charge in [0.2, 0.25) is 0 Å². The van der Waals surface area contributed by atoms with Gasteiger partial charge in [-0.05, 0) is 49.7 Å². The molecule has 0 saturated heterocycles. The van der Waals surface area contributed by atoms with E-state index in [0.29, 0.717) is 24.8 Å². The van der Waals surface area contributed by atoms with Crippen LogP contribution in [0.3, 0.4) is 0 Å². The Labute approximate surface area is 214 Å². The smallest absolute Gasteiger partial charge is 0.321 e. The monoisotopic (exact) mass is 528 g/mol. The van der Waals surface area contributed by atoms with Crippen LogP contribution in [0.15, 0.2) is 24.3 Å². The number of ether oxygens (including phenoxy) is 2. The first-order valence-corrected chi connectivity index (χ1v) is 14.0. The molecule has 0 fully saturated rings. The largest absolute Gasteiger partial charge is 0.481 e. The number of esters is 2. The van der Waals surface area contributed by atoms with E-state index in [1.165, 1.54) is 0 Å². The van der Waals surface area contributed by atoms with E-state index in [2.05, 4.69) is 0 Å². The third-order valence-electron chi connectivity index (χ3n) is 6.10. The van der Waals surface area contributed by atoms with E-state index < -0.39 is 50.9 Å². The van der Waals surface area contributed by atoms with Gasteiger partial charge in [-0.15, -0.1) is 0 Å². The van der Waals surface area contributed by atoms with Gasteiger partial charge in [-0.2, -0.15) is 0 Å². The van der Waals surface area contributed by atoms with Gasteiger partial charge >= 0.3 is 17.9 Å². The molecule has 2 unspecified atom stereocenters. The summed E-state index contributed by atoms with van der Waals surface area (Å²) in [6, 6.07) is 6.81. The first-order chi connectivity index (χ1) is 16.7. The summed E-state index contributed by atoms with van der Waals surface area (Å²) in [5.74, 6) is -3.68. The third kappa shape index (κ3) is 9.54. The molecule has 0 aromatic heterocycles. The first-order valence-electron chi connectivity index (χ1n) is 12.2. The van der Waals surface area contributed by atoms with Crippen molar-refractivity contribution in [3.63, 3.8) is 0 Å². The van der Waals surface area contributed by atoms with Crippen LogP contribution in [0.25, 0.3) is 0 Å². The van der Waals surface area contributed by atoms with E-state index in [1.54, 1.807) is 58.9 Å². The third-order valence-corrected chi connectivity index (χ3v) is 8.00. The van der Waals surface area contributed by atoms with Crippen molar-refractivity contribution in [2.45, 2.75) is 65.7 Å². The molecule has 36 heavy (non-hydrogen) atoms. The van der Waals surface area contributed by atoms with E-state index in [1.807, 2.05) is 0 Å². The van der Waals surface area contributed by atoms with E-state index in [9.17, 15) is 33.0 Å². The van der Waals surface area contributed by atoms with Crippen LogP contribution in [0, 0.1) is 11.3 Å². The van der Waals surface area contributed by atoms with Crippen molar-refractivity contribution in [1.82, 2.24) is 0 Å². The number of carbonyl (C=O) groups is 3. The molecule has 0 aliphatic heterocycles. The number of aliphatic hydroxyl groups excluding tert-OH is 1. The Morgan fingerprint density at radius 1 is 1.06 bits per heavy atom. The SMILES string of the molecule is CCOC(=O)CS(=O)(=O)CC(C)(C)CCCC(CO)(C(=O)O)c1cccc(CC(C)C(=O)OCC)c1. The van der Waals surface area contributed by atoms with Gasteiger partial charge in [0.1, 0.15) is 11.2 Å². The summed E-state index contributed by atoms with van der Waals surface area (Å²) in [7, 11) is -3.71. The highest BCUT2D eigenvalue weighted by atomic mass is 32.2. The first kappa shape index (κ1) is 31.6. The van der Waals surface area contributed by atoms with Gasteiger partial charge in [0, 0.05) is 0 Å². The molecule has 1 aromatic rings. The second-order valence-electron chi connectivity index (χ2n) is 9.96. The lowest BCUT2D eigenvalue weighted by Crippen LogP contribution is -2.40. The van der Waals surface area contributed by atoms with Gasteiger partial charge in [-0.25, -0.2) is 8.42 Å². The van der Waals surface area contributed by atoms with Gasteiger partial charge in [0.25, 0.3) is 0 Å². The Hall–Kier alpha value is -2.46. The quantitative estimate of drug-likeness (QED) is 0.309. The fourth-order valence-corrected chi connectivity index (χ4v) is 6.18. The van der Waals surface area contributed by atoms with Crippen molar-refractivity contribution >= 4 is 27.7 Å². The maximum absolute atomic E-state index is 12.4. The topological polar surface area (TPSA) is 144 Å². The normalized spacial score (nSPS) is 14.5. The molecule has 1 rings (SSSR count). The second-order valence-corrected chi connectivity index (χ2v) is 12.0. The number of hydrogen-bond acceptors (Lipinski definition) is 8. The molecule has 0 aliphatic rings. The fourth-order valence-electron chi connectivity index (χ4n) is 4.30. The van der Waals surface area contributed by atoms with Gasteiger partial charge < -0.3 is 19.7 Å². The van der Waals surface area contributed by atoms with E-state index in [-0.39, 0.29) is 31.4 Å². The van der Waals surface area contributed by atoms with Crippen LogP contribution in [0.1, 0.15) is 65.0 Å². The number of hydrogen-bond donors (Lipinski definition) is 2. The molecule has 2 N–H and O–H groups in total. The summed E-state index contributed by atoms with van der Waals surface area (Å²) in [4.78, 5) is 36.0. The summed E-state index contributed by atoms with van der Waals surface area (Å²) in [5.41, 5.74) is -1.14. The van der Waals surface area contributed by atoms with Gasteiger partial charge in [-0.1, -0.05) is 51.5 Å².